The van der Waals surface area contributed by atoms with Crippen LogP contribution in [-0.4, -0.2) is 55.5 Å². The van der Waals surface area contributed by atoms with Crippen LogP contribution in [0.4, 0.5) is 15.3 Å². The Morgan fingerprint density at radius 1 is 0.970 bits per heavy atom. The first-order valence-corrected chi connectivity index (χ1v) is 11.5. The lowest BCUT2D eigenvalue weighted by molar-refractivity contribution is 0.0258. The molecule has 2 heterocycles. The SMILES string of the molecule is CC(C)(C)OC(=O)N1CCc2cc3c(cc2CC1)N(C(=O)OCCc1ccccc1)CCO3. The fourth-order valence-electron chi connectivity index (χ4n) is 4.11. The number of amides is 2. The van der Waals surface area contributed by atoms with E-state index in [4.69, 9.17) is 14.2 Å². The number of benzene rings is 2. The summed E-state index contributed by atoms with van der Waals surface area (Å²) in [6.45, 7) is 7.97. The largest absolute Gasteiger partial charge is 0.490 e. The quantitative estimate of drug-likeness (QED) is 0.681. The average Bonchev–Trinajstić information content (AvgIpc) is 2.99. The summed E-state index contributed by atoms with van der Waals surface area (Å²) in [7, 11) is 0. The predicted molar refractivity (Wildman–Crippen MR) is 126 cm³/mol. The molecular formula is C26H32N2O5. The first kappa shape index (κ1) is 23.0. The van der Waals surface area contributed by atoms with Crippen LogP contribution in [0.1, 0.15) is 37.5 Å². The average molecular weight is 453 g/mol. The molecule has 0 aliphatic carbocycles. The monoisotopic (exact) mass is 452 g/mol. The lowest BCUT2D eigenvalue weighted by Crippen LogP contribution is -2.38. The normalized spacial score (nSPS) is 15.6. The third-order valence-electron chi connectivity index (χ3n) is 5.78. The first-order valence-electron chi connectivity index (χ1n) is 11.5. The Hall–Kier alpha value is -3.22. The van der Waals surface area contributed by atoms with Gasteiger partial charge in [-0.3, -0.25) is 4.90 Å². The fourth-order valence-corrected chi connectivity index (χ4v) is 4.11. The van der Waals surface area contributed by atoms with E-state index in [1.165, 1.54) is 0 Å². The maximum absolute atomic E-state index is 12.8. The predicted octanol–water partition coefficient (Wildman–Crippen LogP) is 4.60. The number of rotatable bonds is 3. The highest BCUT2D eigenvalue weighted by Crippen LogP contribution is 2.36. The zero-order chi connectivity index (χ0) is 23.4. The zero-order valence-electron chi connectivity index (χ0n) is 19.6. The summed E-state index contributed by atoms with van der Waals surface area (Å²) >= 11 is 0. The van der Waals surface area contributed by atoms with Crippen LogP contribution in [0.15, 0.2) is 42.5 Å². The molecule has 2 amide bonds. The minimum Gasteiger partial charge on any atom is -0.490 e. The number of fused-ring (bicyclic) bond motifs is 2. The van der Waals surface area contributed by atoms with Crippen molar-refractivity contribution in [2.45, 2.75) is 45.6 Å². The van der Waals surface area contributed by atoms with Crippen LogP contribution >= 0.6 is 0 Å². The Morgan fingerprint density at radius 3 is 2.36 bits per heavy atom. The second-order valence-corrected chi connectivity index (χ2v) is 9.41. The highest BCUT2D eigenvalue weighted by atomic mass is 16.6. The van der Waals surface area contributed by atoms with Gasteiger partial charge in [-0.25, -0.2) is 9.59 Å². The molecule has 2 aromatic carbocycles. The molecule has 0 N–H and O–H groups in total. The molecule has 2 aromatic rings. The summed E-state index contributed by atoms with van der Waals surface area (Å²) in [6, 6.07) is 14.0. The van der Waals surface area contributed by atoms with Crippen molar-refractivity contribution in [2.24, 2.45) is 0 Å². The van der Waals surface area contributed by atoms with Crippen LogP contribution in [0.25, 0.3) is 0 Å². The van der Waals surface area contributed by atoms with Crippen molar-refractivity contribution in [1.82, 2.24) is 4.90 Å². The highest BCUT2D eigenvalue weighted by molar-refractivity contribution is 5.90. The van der Waals surface area contributed by atoms with E-state index < -0.39 is 5.60 Å². The van der Waals surface area contributed by atoms with E-state index >= 15 is 0 Å². The minimum atomic E-state index is -0.523. The summed E-state index contributed by atoms with van der Waals surface area (Å²) in [4.78, 5) is 28.8. The van der Waals surface area contributed by atoms with E-state index in [0.29, 0.717) is 57.9 Å². The zero-order valence-corrected chi connectivity index (χ0v) is 19.6. The van der Waals surface area contributed by atoms with Crippen molar-refractivity contribution < 1.29 is 23.8 Å². The van der Waals surface area contributed by atoms with Gasteiger partial charge in [-0.1, -0.05) is 30.3 Å². The van der Waals surface area contributed by atoms with Crippen LogP contribution in [0, 0.1) is 0 Å². The van der Waals surface area contributed by atoms with E-state index in [2.05, 4.69) is 0 Å². The van der Waals surface area contributed by atoms with Crippen molar-refractivity contribution >= 4 is 17.9 Å². The van der Waals surface area contributed by atoms with Gasteiger partial charge < -0.3 is 19.1 Å². The van der Waals surface area contributed by atoms with Crippen LogP contribution in [0.5, 0.6) is 5.75 Å². The molecule has 7 heteroatoms. The molecule has 0 saturated heterocycles. The highest BCUT2D eigenvalue weighted by Gasteiger charge is 2.29. The Bertz CT molecular complexity index is 1000. The number of hydrogen-bond acceptors (Lipinski definition) is 5. The Balaban J connectivity index is 1.43. The maximum Gasteiger partial charge on any atom is 0.414 e. The van der Waals surface area contributed by atoms with Gasteiger partial charge in [-0.05, 0) is 62.4 Å². The van der Waals surface area contributed by atoms with Gasteiger partial charge in [0.05, 0.1) is 18.8 Å². The number of ether oxygens (including phenoxy) is 3. The third kappa shape index (κ3) is 5.78. The molecule has 0 spiro atoms. The molecule has 4 rings (SSSR count). The van der Waals surface area contributed by atoms with Crippen LogP contribution in [0.2, 0.25) is 0 Å². The lowest BCUT2D eigenvalue weighted by atomic mass is 10.0. The van der Waals surface area contributed by atoms with Crippen molar-refractivity contribution in [3.63, 3.8) is 0 Å². The van der Waals surface area contributed by atoms with Gasteiger partial charge >= 0.3 is 12.2 Å². The molecule has 0 fully saturated rings. The second kappa shape index (κ2) is 9.73. The van der Waals surface area contributed by atoms with E-state index in [1.54, 1.807) is 9.80 Å². The minimum absolute atomic E-state index is 0.292. The number of carbonyl (C=O) groups excluding carboxylic acids is 2. The Labute approximate surface area is 195 Å². The number of anilines is 1. The molecule has 2 aliphatic heterocycles. The molecule has 33 heavy (non-hydrogen) atoms. The maximum atomic E-state index is 12.8. The molecular weight excluding hydrogens is 420 g/mol. The van der Waals surface area contributed by atoms with Gasteiger partial charge in [0.1, 0.15) is 18.0 Å². The summed E-state index contributed by atoms with van der Waals surface area (Å²) in [6.07, 6.45) is 1.43. The summed E-state index contributed by atoms with van der Waals surface area (Å²) in [5, 5.41) is 0. The van der Waals surface area contributed by atoms with E-state index in [0.717, 1.165) is 22.4 Å². The third-order valence-corrected chi connectivity index (χ3v) is 5.78. The van der Waals surface area contributed by atoms with Gasteiger partial charge in [-0.2, -0.15) is 0 Å². The van der Waals surface area contributed by atoms with Crippen LogP contribution in [-0.2, 0) is 28.7 Å². The van der Waals surface area contributed by atoms with E-state index in [9.17, 15) is 9.59 Å². The standard InChI is InChI=1S/C26H32N2O5/c1-26(2,3)33-24(29)27-12-9-20-17-22-23(18-21(20)10-13-27)31-16-14-28(22)25(30)32-15-11-19-7-5-4-6-8-19/h4-8,17-18H,9-16H2,1-3H3. The smallest absolute Gasteiger partial charge is 0.414 e. The van der Waals surface area contributed by atoms with Crippen molar-refractivity contribution in [1.29, 1.82) is 0 Å². The molecule has 0 bridgehead atoms. The first-order chi connectivity index (χ1) is 15.8. The molecule has 176 valence electrons. The van der Waals surface area contributed by atoms with E-state index in [1.807, 2.05) is 63.2 Å². The van der Waals surface area contributed by atoms with Gasteiger partial charge in [0.15, 0.2) is 0 Å². The summed E-state index contributed by atoms with van der Waals surface area (Å²) in [5.41, 5.74) is 3.60. The molecule has 0 radical (unpaired) electrons. The molecule has 0 unspecified atom stereocenters. The lowest BCUT2D eigenvalue weighted by Gasteiger charge is -2.30. The molecule has 2 aliphatic rings. The summed E-state index contributed by atoms with van der Waals surface area (Å²) in [5.74, 6) is 0.686. The van der Waals surface area contributed by atoms with Crippen molar-refractivity contribution in [3.05, 3.63) is 59.2 Å². The Morgan fingerprint density at radius 2 is 1.67 bits per heavy atom. The van der Waals surface area contributed by atoms with E-state index in [-0.39, 0.29) is 12.2 Å². The molecule has 0 saturated carbocycles. The van der Waals surface area contributed by atoms with Gasteiger partial charge in [0.25, 0.3) is 0 Å². The van der Waals surface area contributed by atoms with Crippen molar-refractivity contribution in [3.8, 4) is 5.75 Å². The molecule has 0 atom stereocenters. The Kier molecular flexibility index (Phi) is 6.77. The summed E-state index contributed by atoms with van der Waals surface area (Å²) < 4.78 is 17.0. The number of hydrogen-bond donors (Lipinski definition) is 0. The molecule has 0 aromatic heterocycles. The number of carbonyl (C=O) groups is 2. The van der Waals surface area contributed by atoms with Gasteiger partial charge in [-0.15, -0.1) is 0 Å². The fraction of sp³-hybridized carbons (Fsp3) is 0.462. The second-order valence-electron chi connectivity index (χ2n) is 9.41. The number of nitrogens with zero attached hydrogens (tertiary/aromatic N) is 2. The van der Waals surface area contributed by atoms with Gasteiger partial charge in [0.2, 0.25) is 0 Å². The van der Waals surface area contributed by atoms with Crippen LogP contribution < -0.4 is 9.64 Å². The topological polar surface area (TPSA) is 68.3 Å². The van der Waals surface area contributed by atoms with Crippen molar-refractivity contribution in [2.75, 3.05) is 37.7 Å². The van der Waals surface area contributed by atoms with Crippen LogP contribution in [0.3, 0.4) is 0 Å². The molecule has 7 nitrogen and oxygen atoms in total. The van der Waals surface area contributed by atoms with Gasteiger partial charge in [0, 0.05) is 19.5 Å².